The van der Waals surface area contributed by atoms with Gasteiger partial charge in [0.15, 0.2) is 5.78 Å². The molecule has 0 unspecified atom stereocenters. The second-order valence-electron chi connectivity index (χ2n) is 4.87. The highest BCUT2D eigenvalue weighted by molar-refractivity contribution is 6.04. The molecule has 0 radical (unpaired) electrons. The van der Waals surface area contributed by atoms with Gasteiger partial charge in [-0.05, 0) is 24.3 Å². The van der Waals surface area contributed by atoms with Gasteiger partial charge in [0.2, 0.25) is 0 Å². The van der Waals surface area contributed by atoms with Crippen molar-refractivity contribution in [1.82, 2.24) is 0 Å². The van der Waals surface area contributed by atoms with Crippen LogP contribution in [0, 0.1) is 23.1 Å². The van der Waals surface area contributed by atoms with Gasteiger partial charge in [0.1, 0.15) is 23.4 Å². The molecule has 0 spiro atoms. The molecule has 0 aliphatic heterocycles. The Hall–Kier alpha value is -2.67. The number of hydrogen-bond acceptors (Lipinski definition) is 3. The Kier molecular flexibility index (Phi) is 4.34. The van der Waals surface area contributed by atoms with Gasteiger partial charge in [0, 0.05) is 12.0 Å². The molecule has 1 heterocycles. The van der Waals surface area contributed by atoms with Crippen molar-refractivity contribution in [2.24, 2.45) is 5.92 Å². The first-order valence-corrected chi connectivity index (χ1v) is 6.53. The zero-order valence-electron chi connectivity index (χ0n) is 11.8. The van der Waals surface area contributed by atoms with E-state index in [-0.39, 0.29) is 23.1 Å². The van der Waals surface area contributed by atoms with Gasteiger partial charge >= 0.3 is 0 Å². The smallest absolute Gasteiger partial charge is 0.176 e. The number of Topliss-reactive ketones (excluding diaryl/α,β-unsaturated/α-hetero) is 1. The third-order valence-corrected chi connectivity index (χ3v) is 2.96. The third-order valence-electron chi connectivity index (χ3n) is 2.96. The molecule has 2 aromatic rings. The molecule has 3 nitrogen and oxygen atoms in total. The molecular formula is C17H14FNO2. The van der Waals surface area contributed by atoms with E-state index in [1.54, 1.807) is 44.2 Å². The number of nitrogens with zero attached hydrogens (tertiary/aromatic N) is 1. The lowest BCUT2D eigenvalue weighted by Crippen LogP contribution is -2.08. The average Bonchev–Trinajstić information content (AvgIpc) is 2.92. The lowest BCUT2D eigenvalue weighted by molar-refractivity contribution is -0.117. The van der Waals surface area contributed by atoms with Crippen LogP contribution >= 0.6 is 0 Å². The summed E-state index contributed by atoms with van der Waals surface area (Å²) in [5.74, 6) is -0.202. The fourth-order valence-corrected chi connectivity index (χ4v) is 1.85. The maximum atomic E-state index is 13.7. The molecule has 0 atom stereocenters. The van der Waals surface area contributed by atoms with E-state index in [0.29, 0.717) is 17.1 Å². The van der Waals surface area contributed by atoms with E-state index < -0.39 is 0 Å². The van der Waals surface area contributed by atoms with Gasteiger partial charge in [-0.3, -0.25) is 4.79 Å². The lowest BCUT2D eigenvalue weighted by atomic mass is 10.0. The van der Waals surface area contributed by atoms with E-state index in [1.165, 1.54) is 12.1 Å². The third kappa shape index (κ3) is 3.26. The standard InChI is InChI=1S/C17H14FNO2/c1-11(2)17(20)12(10-19)9-13-7-8-16(21-13)14-5-3-4-6-15(14)18/h3-9,11H,1-2H3. The number of allylic oxidation sites excluding steroid dienone is 1. The summed E-state index contributed by atoms with van der Waals surface area (Å²) in [6.45, 7) is 3.45. The number of ketones is 1. The van der Waals surface area contributed by atoms with Crippen molar-refractivity contribution in [1.29, 1.82) is 5.26 Å². The van der Waals surface area contributed by atoms with Crippen LogP contribution in [0.3, 0.4) is 0 Å². The van der Waals surface area contributed by atoms with E-state index in [4.69, 9.17) is 9.68 Å². The highest BCUT2D eigenvalue weighted by Gasteiger charge is 2.15. The molecule has 2 rings (SSSR count). The van der Waals surface area contributed by atoms with Gasteiger partial charge in [-0.2, -0.15) is 5.26 Å². The van der Waals surface area contributed by atoms with Gasteiger partial charge in [-0.15, -0.1) is 0 Å². The van der Waals surface area contributed by atoms with Gasteiger partial charge < -0.3 is 4.42 Å². The van der Waals surface area contributed by atoms with Crippen LogP contribution in [0.5, 0.6) is 0 Å². The highest BCUT2D eigenvalue weighted by atomic mass is 19.1. The van der Waals surface area contributed by atoms with Crippen molar-refractivity contribution >= 4 is 11.9 Å². The van der Waals surface area contributed by atoms with Gasteiger partial charge in [-0.1, -0.05) is 26.0 Å². The number of halogens is 1. The van der Waals surface area contributed by atoms with E-state index in [0.717, 1.165) is 0 Å². The van der Waals surface area contributed by atoms with Crippen LogP contribution in [0.4, 0.5) is 4.39 Å². The number of carbonyl (C=O) groups is 1. The molecule has 0 fully saturated rings. The Morgan fingerprint density at radius 3 is 2.62 bits per heavy atom. The molecule has 0 aliphatic rings. The molecule has 21 heavy (non-hydrogen) atoms. The van der Waals surface area contributed by atoms with E-state index in [1.807, 2.05) is 6.07 Å². The van der Waals surface area contributed by atoms with Crippen molar-refractivity contribution in [3.05, 3.63) is 53.5 Å². The first kappa shape index (κ1) is 14.7. The first-order valence-electron chi connectivity index (χ1n) is 6.53. The van der Waals surface area contributed by atoms with Gasteiger partial charge in [-0.25, -0.2) is 4.39 Å². The summed E-state index contributed by atoms with van der Waals surface area (Å²) in [6, 6.07) is 11.3. The number of hydrogen-bond donors (Lipinski definition) is 0. The molecule has 0 aliphatic carbocycles. The van der Waals surface area contributed by atoms with E-state index >= 15 is 0 Å². The summed E-state index contributed by atoms with van der Waals surface area (Å²) in [5, 5.41) is 9.03. The van der Waals surface area contributed by atoms with Crippen LogP contribution in [0.15, 0.2) is 46.4 Å². The fraction of sp³-hybridized carbons (Fsp3) is 0.176. The second kappa shape index (κ2) is 6.19. The lowest BCUT2D eigenvalue weighted by Gasteiger charge is -2.01. The molecule has 0 saturated carbocycles. The maximum Gasteiger partial charge on any atom is 0.176 e. The summed E-state index contributed by atoms with van der Waals surface area (Å²) in [7, 11) is 0. The molecule has 0 N–H and O–H groups in total. The predicted molar refractivity (Wildman–Crippen MR) is 77.5 cm³/mol. The molecule has 1 aromatic carbocycles. The predicted octanol–water partition coefficient (Wildman–Crippen LogP) is 4.22. The SMILES string of the molecule is CC(C)C(=O)C(C#N)=Cc1ccc(-c2ccccc2F)o1. The summed E-state index contributed by atoms with van der Waals surface area (Å²) >= 11 is 0. The minimum atomic E-state index is -0.388. The van der Waals surface area contributed by atoms with Crippen molar-refractivity contribution in [2.45, 2.75) is 13.8 Å². The number of furan rings is 1. The minimum absolute atomic E-state index is 0.0273. The van der Waals surface area contributed by atoms with Crippen LogP contribution in [0.25, 0.3) is 17.4 Å². The van der Waals surface area contributed by atoms with Crippen molar-refractivity contribution in [2.75, 3.05) is 0 Å². The second-order valence-corrected chi connectivity index (χ2v) is 4.87. The zero-order chi connectivity index (χ0) is 15.4. The van der Waals surface area contributed by atoms with Crippen LogP contribution in [-0.4, -0.2) is 5.78 Å². The maximum absolute atomic E-state index is 13.7. The molecular weight excluding hydrogens is 269 g/mol. The average molecular weight is 283 g/mol. The van der Waals surface area contributed by atoms with Crippen LogP contribution in [0.2, 0.25) is 0 Å². The summed E-state index contributed by atoms with van der Waals surface area (Å²) in [4.78, 5) is 11.8. The van der Waals surface area contributed by atoms with E-state index in [2.05, 4.69) is 0 Å². The van der Waals surface area contributed by atoms with Gasteiger partial charge in [0.05, 0.1) is 11.1 Å². The Labute approximate surface area is 122 Å². The number of nitriles is 1. The Bertz CT molecular complexity index is 735. The molecule has 0 bridgehead atoms. The Morgan fingerprint density at radius 1 is 1.29 bits per heavy atom. The topological polar surface area (TPSA) is 54.0 Å². The number of carbonyl (C=O) groups excluding carboxylic acids is 1. The Balaban J connectivity index is 2.35. The molecule has 0 saturated heterocycles. The zero-order valence-corrected chi connectivity index (χ0v) is 11.8. The minimum Gasteiger partial charge on any atom is -0.457 e. The van der Waals surface area contributed by atoms with Gasteiger partial charge in [0.25, 0.3) is 0 Å². The molecule has 4 heteroatoms. The quantitative estimate of drug-likeness (QED) is 0.623. The summed E-state index contributed by atoms with van der Waals surface area (Å²) < 4.78 is 19.2. The van der Waals surface area contributed by atoms with Crippen LogP contribution in [0.1, 0.15) is 19.6 Å². The molecule has 0 amide bonds. The summed E-state index contributed by atoms with van der Waals surface area (Å²) in [5.41, 5.74) is 0.366. The van der Waals surface area contributed by atoms with Crippen LogP contribution < -0.4 is 0 Å². The number of rotatable bonds is 4. The number of benzene rings is 1. The fourth-order valence-electron chi connectivity index (χ4n) is 1.85. The summed E-state index contributed by atoms with van der Waals surface area (Å²) in [6.07, 6.45) is 1.38. The highest BCUT2D eigenvalue weighted by Crippen LogP contribution is 2.26. The van der Waals surface area contributed by atoms with Crippen LogP contribution in [-0.2, 0) is 4.79 Å². The monoisotopic (exact) mass is 283 g/mol. The largest absolute Gasteiger partial charge is 0.457 e. The van der Waals surface area contributed by atoms with Crippen molar-refractivity contribution < 1.29 is 13.6 Å². The normalized spacial score (nSPS) is 11.5. The van der Waals surface area contributed by atoms with E-state index in [9.17, 15) is 9.18 Å². The molecule has 106 valence electrons. The first-order chi connectivity index (χ1) is 10.0. The van der Waals surface area contributed by atoms with Crippen molar-refractivity contribution in [3.8, 4) is 17.4 Å². The molecule has 1 aromatic heterocycles. The van der Waals surface area contributed by atoms with Crippen molar-refractivity contribution in [3.63, 3.8) is 0 Å². The Morgan fingerprint density at radius 2 is 2.00 bits per heavy atom.